The number of benzene rings is 1. The summed E-state index contributed by atoms with van der Waals surface area (Å²) in [4.78, 5) is 11.0. The number of methoxy groups -OCH3 is 1. The molecular formula is C21H23N5O2. The predicted octanol–water partition coefficient (Wildman–Crippen LogP) is 3.36. The maximum atomic E-state index is 10.0. The highest BCUT2D eigenvalue weighted by Gasteiger charge is 2.16. The molecule has 0 atom stereocenters. The maximum Gasteiger partial charge on any atom is 0.160 e. The molecule has 3 aromatic rings. The largest absolute Gasteiger partial charge is 0.504 e. The summed E-state index contributed by atoms with van der Waals surface area (Å²) in [5.74, 6) is 1.45. The van der Waals surface area contributed by atoms with Crippen molar-refractivity contribution in [1.82, 2.24) is 14.9 Å². The fourth-order valence-corrected chi connectivity index (χ4v) is 3.34. The van der Waals surface area contributed by atoms with Crippen molar-refractivity contribution in [2.45, 2.75) is 13.1 Å². The number of nitrogens with one attached hydrogen (secondary N) is 2. The minimum Gasteiger partial charge on any atom is -0.504 e. The molecule has 0 fully saturated rings. The number of phenolic OH excluding ortho intramolecular Hbond substituents is 1. The highest BCUT2D eigenvalue weighted by molar-refractivity contribution is 5.60. The van der Waals surface area contributed by atoms with Gasteiger partial charge in [-0.2, -0.15) is 0 Å². The van der Waals surface area contributed by atoms with E-state index in [0.29, 0.717) is 5.75 Å². The zero-order chi connectivity index (χ0) is 19.3. The molecule has 7 heteroatoms. The second-order valence-corrected chi connectivity index (χ2v) is 6.74. The fourth-order valence-electron chi connectivity index (χ4n) is 3.34. The van der Waals surface area contributed by atoms with Crippen molar-refractivity contribution < 1.29 is 9.84 Å². The molecule has 0 bridgehead atoms. The third-order valence-electron chi connectivity index (χ3n) is 4.71. The zero-order valence-electron chi connectivity index (χ0n) is 15.7. The Hall–Kier alpha value is -3.32. The molecule has 0 aliphatic carbocycles. The van der Waals surface area contributed by atoms with Crippen molar-refractivity contribution >= 4 is 17.2 Å². The molecule has 0 saturated heterocycles. The summed E-state index contributed by atoms with van der Waals surface area (Å²) in [6.45, 7) is 3.27. The van der Waals surface area contributed by atoms with Crippen LogP contribution in [-0.4, -0.2) is 40.2 Å². The smallest absolute Gasteiger partial charge is 0.160 e. The van der Waals surface area contributed by atoms with E-state index in [9.17, 15) is 5.11 Å². The van der Waals surface area contributed by atoms with Crippen molar-refractivity contribution in [3.05, 3.63) is 66.1 Å². The number of aromatic hydroxyl groups is 1. The molecule has 2 aromatic heterocycles. The molecular weight excluding hydrogens is 354 g/mol. The molecule has 0 radical (unpaired) electrons. The van der Waals surface area contributed by atoms with Crippen LogP contribution in [0.15, 0.2) is 55.0 Å². The molecule has 1 aromatic carbocycles. The quantitative estimate of drug-likeness (QED) is 0.629. The number of phenols is 1. The van der Waals surface area contributed by atoms with Crippen LogP contribution in [0.1, 0.15) is 11.1 Å². The molecule has 1 aliphatic heterocycles. The van der Waals surface area contributed by atoms with Gasteiger partial charge in [-0.3, -0.25) is 9.88 Å². The van der Waals surface area contributed by atoms with E-state index >= 15 is 0 Å². The number of nitrogens with zero attached hydrogens (tertiary/aromatic N) is 3. The average molecular weight is 377 g/mol. The predicted molar refractivity (Wildman–Crippen MR) is 109 cm³/mol. The lowest BCUT2D eigenvalue weighted by Crippen LogP contribution is -2.25. The monoisotopic (exact) mass is 377 g/mol. The SMILES string of the molecule is COc1ccc(CN2CCNc3cnc(Nc4cccnc4)cc3C2)cc1O. The second kappa shape index (κ2) is 8.14. The molecule has 0 spiro atoms. The summed E-state index contributed by atoms with van der Waals surface area (Å²) >= 11 is 0. The molecule has 3 N–H and O–H groups in total. The molecule has 3 heterocycles. The topological polar surface area (TPSA) is 82.5 Å². The molecule has 1 aliphatic rings. The Labute approximate surface area is 164 Å². The Morgan fingerprint density at radius 3 is 2.96 bits per heavy atom. The molecule has 28 heavy (non-hydrogen) atoms. The van der Waals surface area contributed by atoms with Crippen molar-refractivity contribution in [3.63, 3.8) is 0 Å². The molecule has 7 nitrogen and oxygen atoms in total. The van der Waals surface area contributed by atoms with Crippen LogP contribution in [0.4, 0.5) is 17.2 Å². The molecule has 0 amide bonds. The van der Waals surface area contributed by atoms with Crippen LogP contribution >= 0.6 is 0 Å². The first kappa shape index (κ1) is 18.1. The maximum absolute atomic E-state index is 10.0. The van der Waals surface area contributed by atoms with E-state index < -0.39 is 0 Å². The number of hydrogen-bond acceptors (Lipinski definition) is 7. The number of anilines is 3. The van der Waals surface area contributed by atoms with Gasteiger partial charge in [0.25, 0.3) is 0 Å². The van der Waals surface area contributed by atoms with Gasteiger partial charge >= 0.3 is 0 Å². The van der Waals surface area contributed by atoms with Gasteiger partial charge in [-0.15, -0.1) is 0 Å². The first-order valence-electron chi connectivity index (χ1n) is 9.19. The lowest BCUT2D eigenvalue weighted by Gasteiger charge is -2.20. The molecule has 4 rings (SSSR count). The van der Waals surface area contributed by atoms with Gasteiger partial charge in [0.2, 0.25) is 0 Å². The Kier molecular flexibility index (Phi) is 5.25. The summed E-state index contributed by atoms with van der Waals surface area (Å²) in [6, 6.07) is 11.5. The summed E-state index contributed by atoms with van der Waals surface area (Å²) in [5.41, 5.74) is 4.18. The van der Waals surface area contributed by atoms with Gasteiger partial charge in [0.05, 0.1) is 30.9 Å². The summed E-state index contributed by atoms with van der Waals surface area (Å²) in [7, 11) is 1.55. The minimum atomic E-state index is 0.167. The van der Waals surface area contributed by atoms with Gasteiger partial charge in [-0.1, -0.05) is 6.07 Å². The molecule has 0 saturated carbocycles. The molecule has 144 valence electrons. The second-order valence-electron chi connectivity index (χ2n) is 6.74. The van der Waals surface area contributed by atoms with Crippen LogP contribution in [-0.2, 0) is 13.1 Å². The average Bonchev–Trinajstić information content (AvgIpc) is 2.90. The van der Waals surface area contributed by atoms with Gasteiger partial charge in [0.1, 0.15) is 5.82 Å². The lowest BCUT2D eigenvalue weighted by atomic mass is 10.1. The van der Waals surface area contributed by atoms with Crippen LogP contribution in [0, 0.1) is 0 Å². The van der Waals surface area contributed by atoms with Gasteiger partial charge in [0, 0.05) is 32.4 Å². The van der Waals surface area contributed by atoms with E-state index in [4.69, 9.17) is 4.74 Å². The van der Waals surface area contributed by atoms with E-state index in [1.807, 2.05) is 24.4 Å². The highest BCUT2D eigenvalue weighted by atomic mass is 16.5. The first-order chi connectivity index (χ1) is 13.7. The van der Waals surface area contributed by atoms with E-state index in [-0.39, 0.29) is 5.75 Å². The summed E-state index contributed by atoms with van der Waals surface area (Å²) in [5, 5.41) is 16.8. The van der Waals surface area contributed by atoms with Crippen molar-refractivity contribution in [2.24, 2.45) is 0 Å². The van der Waals surface area contributed by atoms with Crippen LogP contribution < -0.4 is 15.4 Å². The van der Waals surface area contributed by atoms with Crippen LogP contribution in [0.3, 0.4) is 0 Å². The van der Waals surface area contributed by atoms with Crippen molar-refractivity contribution in [3.8, 4) is 11.5 Å². The van der Waals surface area contributed by atoms with Crippen LogP contribution in [0.2, 0.25) is 0 Å². The normalized spacial score (nSPS) is 13.9. The summed E-state index contributed by atoms with van der Waals surface area (Å²) < 4.78 is 5.13. The van der Waals surface area contributed by atoms with Crippen LogP contribution in [0.25, 0.3) is 0 Å². The molecule has 0 unspecified atom stereocenters. The van der Waals surface area contributed by atoms with E-state index in [1.165, 1.54) is 5.56 Å². The zero-order valence-corrected chi connectivity index (χ0v) is 15.7. The van der Waals surface area contributed by atoms with E-state index in [2.05, 4.69) is 31.6 Å². The first-order valence-corrected chi connectivity index (χ1v) is 9.19. The van der Waals surface area contributed by atoms with E-state index in [1.54, 1.807) is 31.6 Å². The number of ether oxygens (including phenoxy) is 1. The summed E-state index contributed by atoms with van der Waals surface area (Å²) in [6.07, 6.45) is 5.39. The fraction of sp³-hybridized carbons (Fsp3) is 0.238. The number of pyridine rings is 2. The van der Waals surface area contributed by atoms with Crippen molar-refractivity contribution in [1.29, 1.82) is 0 Å². The standard InChI is InChI=1S/C21H23N5O2/c1-28-20-5-4-15(9-19(20)27)13-26-8-7-23-18-12-24-21(10-16(18)14-26)25-17-3-2-6-22-11-17/h2-6,9-12,23,27H,7-8,13-14H2,1H3,(H,24,25). The Morgan fingerprint density at radius 1 is 1.25 bits per heavy atom. The third-order valence-corrected chi connectivity index (χ3v) is 4.71. The number of fused-ring (bicyclic) bond motifs is 1. The highest BCUT2D eigenvalue weighted by Crippen LogP contribution is 2.28. The van der Waals surface area contributed by atoms with Gasteiger partial charge in [0.15, 0.2) is 11.5 Å². The Bertz CT molecular complexity index is 949. The van der Waals surface area contributed by atoms with Crippen LogP contribution in [0.5, 0.6) is 11.5 Å². The minimum absolute atomic E-state index is 0.167. The number of aromatic nitrogens is 2. The third kappa shape index (κ3) is 4.15. The Balaban J connectivity index is 1.50. The number of hydrogen-bond donors (Lipinski definition) is 3. The van der Waals surface area contributed by atoms with Gasteiger partial charge < -0.3 is 20.5 Å². The lowest BCUT2D eigenvalue weighted by molar-refractivity contribution is 0.271. The Morgan fingerprint density at radius 2 is 2.18 bits per heavy atom. The number of rotatable bonds is 5. The van der Waals surface area contributed by atoms with E-state index in [0.717, 1.165) is 48.9 Å². The van der Waals surface area contributed by atoms with Crippen molar-refractivity contribution in [2.75, 3.05) is 30.8 Å². The van der Waals surface area contributed by atoms with Gasteiger partial charge in [-0.05, 0) is 41.5 Å². The van der Waals surface area contributed by atoms with Gasteiger partial charge in [-0.25, -0.2) is 4.98 Å².